The summed E-state index contributed by atoms with van der Waals surface area (Å²) in [5.41, 5.74) is 0. The van der Waals surface area contributed by atoms with Crippen molar-refractivity contribution in [2.24, 2.45) is 5.92 Å². The maximum absolute atomic E-state index is 12.4. The first-order valence-corrected chi connectivity index (χ1v) is 8.02. The van der Waals surface area contributed by atoms with Crippen LogP contribution >= 0.6 is 11.3 Å². The van der Waals surface area contributed by atoms with Crippen molar-refractivity contribution < 1.29 is 9.53 Å². The predicted octanol–water partition coefficient (Wildman–Crippen LogP) is 2.88. The van der Waals surface area contributed by atoms with Gasteiger partial charge in [0.25, 0.3) is 0 Å². The molecule has 0 aliphatic carbocycles. The van der Waals surface area contributed by atoms with Gasteiger partial charge in [-0.25, -0.2) is 0 Å². The summed E-state index contributed by atoms with van der Waals surface area (Å²) >= 11 is 1.78. The van der Waals surface area contributed by atoms with Gasteiger partial charge < -0.3 is 4.74 Å². The number of nitrogens with zero attached hydrogens (tertiary/aromatic N) is 1. The molecule has 104 valence electrons. The fourth-order valence-electron chi connectivity index (χ4n) is 3.82. The van der Waals surface area contributed by atoms with E-state index in [1.165, 1.54) is 11.3 Å². The SMILES string of the molecule is CCOC(=O)C1C(c2cccs2)CC2CCC1N2C. The van der Waals surface area contributed by atoms with Gasteiger partial charge in [0.1, 0.15) is 0 Å². The maximum atomic E-state index is 12.4. The Morgan fingerprint density at radius 3 is 3.05 bits per heavy atom. The van der Waals surface area contributed by atoms with Crippen LogP contribution in [0.1, 0.15) is 37.0 Å². The second kappa shape index (κ2) is 5.25. The van der Waals surface area contributed by atoms with Gasteiger partial charge in [0, 0.05) is 22.9 Å². The Kier molecular flexibility index (Phi) is 3.63. The Hall–Kier alpha value is -0.870. The molecule has 1 aromatic heterocycles. The van der Waals surface area contributed by atoms with Crippen LogP contribution in [-0.2, 0) is 9.53 Å². The number of carbonyl (C=O) groups excluding carboxylic acids is 1. The minimum Gasteiger partial charge on any atom is -0.466 e. The van der Waals surface area contributed by atoms with E-state index >= 15 is 0 Å². The van der Waals surface area contributed by atoms with Crippen LogP contribution in [0.4, 0.5) is 0 Å². The van der Waals surface area contributed by atoms with E-state index in [2.05, 4.69) is 29.5 Å². The van der Waals surface area contributed by atoms with E-state index in [0.29, 0.717) is 24.6 Å². The summed E-state index contributed by atoms with van der Waals surface area (Å²) in [5.74, 6) is 0.369. The summed E-state index contributed by atoms with van der Waals surface area (Å²) in [6.07, 6.45) is 3.45. The summed E-state index contributed by atoms with van der Waals surface area (Å²) in [6.45, 7) is 2.37. The fraction of sp³-hybridized carbons (Fsp3) is 0.667. The quantitative estimate of drug-likeness (QED) is 0.797. The van der Waals surface area contributed by atoms with E-state index < -0.39 is 0 Å². The molecule has 2 aliphatic heterocycles. The Balaban J connectivity index is 1.91. The number of hydrogen-bond acceptors (Lipinski definition) is 4. The van der Waals surface area contributed by atoms with Crippen molar-refractivity contribution in [3.8, 4) is 0 Å². The average molecular weight is 279 g/mol. The van der Waals surface area contributed by atoms with E-state index in [4.69, 9.17) is 4.74 Å². The van der Waals surface area contributed by atoms with Gasteiger partial charge >= 0.3 is 5.97 Å². The Morgan fingerprint density at radius 1 is 1.53 bits per heavy atom. The maximum Gasteiger partial charge on any atom is 0.311 e. The van der Waals surface area contributed by atoms with Crippen molar-refractivity contribution in [2.45, 2.75) is 44.2 Å². The molecule has 2 fully saturated rings. The van der Waals surface area contributed by atoms with Crippen molar-refractivity contribution in [3.63, 3.8) is 0 Å². The lowest BCUT2D eigenvalue weighted by molar-refractivity contribution is -0.152. The molecule has 0 spiro atoms. The normalized spacial score (nSPS) is 34.4. The van der Waals surface area contributed by atoms with Crippen LogP contribution < -0.4 is 0 Å². The van der Waals surface area contributed by atoms with Crippen LogP contribution in [0.5, 0.6) is 0 Å². The van der Waals surface area contributed by atoms with E-state index in [1.54, 1.807) is 11.3 Å². The van der Waals surface area contributed by atoms with E-state index in [9.17, 15) is 4.79 Å². The minimum atomic E-state index is -0.00176. The van der Waals surface area contributed by atoms with Gasteiger partial charge in [0.2, 0.25) is 0 Å². The van der Waals surface area contributed by atoms with Crippen LogP contribution in [0.2, 0.25) is 0 Å². The topological polar surface area (TPSA) is 29.5 Å². The molecule has 2 bridgehead atoms. The molecule has 19 heavy (non-hydrogen) atoms. The van der Waals surface area contributed by atoms with Crippen molar-refractivity contribution in [1.82, 2.24) is 4.90 Å². The number of carbonyl (C=O) groups is 1. The molecule has 4 heteroatoms. The lowest BCUT2D eigenvalue weighted by Crippen LogP contribution is -2.49. The first kappa shape index (κ1) is 13.1. The van der Waals surface area contributed by atoms with Crippen LogP contribution in [0.15, 0.2) is 17.5 Å². The molecule has 2 saturated heterocycles. The molecule has 0 saturated carbocycles. The van der Waals surface area contributed by atoms with Gasteiger partial charge in [0.05, 0.1) is 12.5 Å². The number of hydrogen-bond donors (Lipinski definition) is 0. The third-order valence-corrected chi connectivity index (χ3v) is 5.74. The van der Waals surface area contributed by atoms with Gasteiger partial charge in [-0.05, 0) is 44.7 Å². The van der Waals surface area contributed by atoms with Crippen LogP contribution in [0.3, 0.4) is 0 Å². The van der Waals surface area contributed by atoms with Crippen LogP contribution in [0.25, 0.3) is 0 Å². The van der Waals surface area contributed by atoms with Gasteiger partial charge in [-0.15, -0.1) is 11.3 Å². The van der Waals surface area contributed by atoms with E-state index in [-0.39, 0.29) is 11.9 Å². The third kappa shape index (κ3) is 2.21. The molecular formula is C15H21NO2S. The first-order valence-electron chi connectivity index (χ1n) is 7.14. The molecule has 1 aromatic rings. The Bertz CT molecular complexity index is 445. The molecular weight excluding hydrogens is 258 g/mol. The summed E-state index contributed by atoms with van der Waals surface area (Å²) < 4.78 is 5.35. The third-order valence-electron chi connectivity index (χ3n) is 4.74. The van der Waals surface area contributed by atoms with Crippen LogP contribution in [0, 0.1) is 5.92 Å². The van der Waals surface area contributed by atoms with Gasteiger partial charge in [-0.2, -0.15) is 0 Å². The number of thiophene rings is 1. The van der Waals surface area contributed by atoms with Crippen LogP contribution in [-0.4, -0.2) is 36.6 Å². The van der Waals surface area contributed by atoms with Gasteiger partial charge in [0.15, 0.2) is 0 Å². The number of ether oxygens (including phenoxy) is 1. The molecule has 3 nitrogen and oxygen atoms in total. The number of piperidine rings is 1. The molecule has 2 aliphatic rings. The van der Waals surface area contributed by atoms with Gasteiger partial charge in [-0.1, -0.05) is 6.07 Å². The molecule has 0 aromatic carbocycles. The second-order valence-electron chi connectivity index (χ2n) is 5.60. The molecule has 0 amide bonds. The lowest BCUT2D eigenvalue weighted by Gasteiger charge is -2.41. The van der Waals surface area contributed by atoms with Crippen molar-refractivity contribution >= 4 is 17.3 Å². The molecule has 3 heterocycles. The molecule has 3 rings (SSSR count). The van der Waals surface area contributed by atoms with E-state index in [1.807, 2.05) is 6.92 Å². The Morgan fingerprint density at radius 2 is 2.37 bits per heavy atom. The smallest absolute Gasteiger partial charge is 0.311 e. The highest BCUT2D eigenvalue weighted by Gasteiger charge is 2.49. The lowest BCUT2D eigenvalue weighted by atomic mass is 9.79. The highest BCUT2D eigenvalue weighted by atomic mass is 32.1. The summed E-state index contributed by atoms with van der Waals surface area (Å²) in [4.78, 5) is 16.2. The molecule has 0 N–H and O–H groups in total. The van der Waals surface area contributed by atoms with E-state index in [0.717, 1.165) is 12.8 Å². The highest BCUT2D eigenvalue weighted by molar-refractivity contribution is 7.10. The fourth-order valence-corrected chi connectivity index (χ4v) is 4.71. The number of rotatable bonds is 3. The summed E-state index contributed by atoms with van der Waals surface area (Å²) in [7, 11) is 2.17. The van der Waals surface area contributed by atoms with Gasteiger partial charge in [-0.3, -0.25) is 9.69 Å². The number of fused-ring (bicyclic) bond motifs is 2. The number of esters is 1. The molecule has 4 unspecified atom stereocenters. The zero-order valence-corrected chi connectivity index (χ0v) is 12.4. The summed E-state index contributed by atoms with van der Waals surface area (Å²) in [5, 5.41) is 2.11. The molecule has 0 radical (unpaired) electrons. The minimum absolute atomic E-state index is 0.00176. The predicted molar refractivity (Wildman–Crippen MR) is 76.4 cm³/mol. The standard InChI is InChI=1S/C15H21NO2S/c1-3-18-15(17)14-11(13-5-4-8-19-13)9-10-6-7-12(14)16(10)2/h4-5,8,10-12,14H,3,6-7,9H2,1-2H3. The monoisotopic (exact) mass is 279 g/mol. The molecule has 4 atom stereocenters. The average Bonchev–Trinajstić information content (AvgIpc) is 2.97. The van der Waals surface area contributed by atoms with Crippen molar-refractivity contribution in [2.75, 3.05) is 13.7 Å². The zero-order chi connectivity index (χ0) is 13.4. The first-order chi connectivity index (χ1) is 9.22. The van der Waals surface area contributed by atoms with Crippen molar-refractivity contribution in [1.29, 1.82) is 0 Å². The largest absolute Gasteiger partial charge is 0.466 e. The zero-order valence-electron chi connectivity index (χ0n) is 11.5. The Labute approximate surface area is 118 Å². The highest BCUT2D eigenvalue weighted by Crippen LogP contribution is 2.47. The van der Waals surface area contributed by atoms with Crippen molar-refractivity contribution in [3.05, 3.63) is 22.4 Å². The summed E-state index contributed by atoms with van der Waals surface area (Å²) in [6, 6.07) is 5.27. The second-order valence-corrected chi connectivity index (χ2v) is 6.58.